The van der Waals surface area contributed by atoms with Crippen molar-refractivity contribution in [2.24, 2.45) is 0 Å². The number of carbonyl (C=O) groups is 2. The van der Waals surface area contributed by atoms with Gasteiger partial charge in [0.25, 0.3) is 0 Å². The number of anilines is 2. The van der Waals surface area contributed by atoms with Gasteiger partial charge in [-0.3, -0.25) is 9.69 Å². The number of nitrogens with one attached hydrogen (secondary N) is 1. The van der Waals surface area contributed by atoms with Crippen molar-refractivity contribution in [1.82, 2.24) is 9.97 Å². The van der Waals surface area contributed by atoms with Crippen molar-refractivity contribution in [3.8, 4) is 11.6 Å². The van der Waals surface area contributed by atoms with E-state index in [1.165, 1.54) is 25.1 Å². The molecule has 0 aliphatic rings. The van der Waals surface area contributed by atoms with Crippen LogP contribution in [0.1, 0.15) is 27.7 Å². The van der Waals surface area contributed by atoms with E-state index < -0.39 is 17.4 Å². The van der Waals surface area contributed by atoms with Crippen LogP contribution in [0.3, 0.4) is 0 Å². The second kappa shape index (κ2) is 7.63. The van der Waals surface area contributed by atoms with Crippen molar-refractivity contribution in [1.29, 1.82) is 0 Å². The zero-order chi connectivity index (χ0) is 21.3. The molecule has 29 heavy (non-hydrogen) atoms. The smallest absolute Gasteiger partial charge is 0.412 e. The molecule has 0 unspecified atom stereocenters. The van der Waals surface area contributed by atoms with E-state index in [9.17, 15) is 19.1 Å². The molecule has 3 aromatic rings. The van der Waals surface area contributed by atoms with Crippen LogP contribution in [0.15, 0.2) is 30.3 Å². The van der Waals surface area contributed by atoms with Gasteiger partial charge < -0.3 is 15.2 Å². The number of halogens is 1. The molecule has 152 valence electrons. The van der Waals surface area contributed by atoms with Gasteiger partial charge in [-0.15, -0.1) is 0 Å². The van der Waals surface area contributed by atoms with Crippen LogP contribution in [0.4, 0.5) is 20.0 Å². The molecule has 0 spiro atoms. The lowest BCUT2D eigenvalue weighted by molar-refractivity contribution is -0.114. The summed E-state index contributed by atoms with van der Waals surface area (Å²) >= 11 is 1.16. The topological polar surface area (TPSA) is 105 Å². The highest BCUT2D eigenvalue weighted by atomic mass is 32.1. The summed E-state index contributed by atoms with van der Waals surface area (Å²) in [6, 6.07) is 6.99. The Labute approximate surface area is 170 Å². The number of carboxylic acid groups (broad SMARTS) is 1. The first-order valence-electron chi connectivity index (χ1n) is 8.60. The number of nitrogens with zero attached hydrogens (tertiary/aromatic N) is 3. The van der Waals surface area contributed by atoms with Crippen LogP contribution in [0.5, 0.6) is 11.6 Å². The fourth-order valence-corrected chi connectivity index (χ4v) is 3.54. The largest absolute Gasteiger partial charge is 0.465 e. The fraction of sp³-hybridized carbons (Fsp3) is 0.263. The number of hydrogen-bond acceptors (Lipinski definition) is 6. The van der Waals surface area contributed by atoms with E-state index in [0.717, 1.165) is 22.3 Å². The van der Waals surface area contributed by atoms with Gasteiger partial charge in [0, 0.05) is 24.6 Å². The number of pyridine rings is 1. The van der Waals surface area contributed by atoms with Crippen molar-refractivity contribution in [2.75, 3.05) is 10.2 Å². The molecule has 8 nitrogen and oxygen atoms in total. The second-order valence-corrected chi connectivity index (χ2v) is 8.16. The number of ether oxygens (including phenoxy) is 1. The van der Waals surface area contributed by atoms with Crippen LogP contribution in [0.25, 0.3) is 10.3 Å². The lowest BCUT2D eigenvalue weighted by atomic mass is 10.1. The zero-order valence-corrected chi connectivity index (χ0v) is 17.0. The molecule has 2 amide bonds. The highest BCUT2D eigenvalue weighted by Crippen LogP contribution is 2.33. The number of hydrogen-bond donors (Lipinski definition) is 2. The average Bonchev–Trinajstić information content (AvgIpc) is 2.96. The summed E-state index contributed by atoms with van der Waals surface area (Å²) in [7, 11) is 0. The molecule has 2 aromatic heterocycles. The van der Waals surface area contributed by atoms with Crippen molar-refractivity contribution in [2.45, 2.75) is 33.2 Å². The quantitative estimate of drug-likeness (QED) is 0.627. The molecular weight excluding hydrogens is 399 g/mol. The molecule has 0 atom stereocenters. The minimum Gasteiger partial charge on any atom is -0.465 e. The van der Waals surface area contributed by atoms with E-state index in [0.29, 0.717) is 15.5 Å². The SMILES string of the molecule is CC(=O)Nc1nc2ccc(Oc3cc(N(C(=O)O)C(C)(C)C)ccc3F)nc2s1. The summed E-state index contributed by atoms with van der Waals surface area (Å²) in [5, 5.41) is 12.5. The molecule has 0 saturated heterocycles. The van der Waals surface area contributed by atoms with E-state index in [1.807, 2.05) is 0 Å². The Morgan fingerprint density at radius 3 is 2.55 bits per heavy atom. The molecule has 2 heterocycles. The number of benzene rings is 1. The molecule has 1 aromatic carbocycles. The first-order chi connectivity index (χ1) is 13.5. The van der Waals surface area contributed by atoms with E-state index in [4.69, 9.17) is 4.74 Å². The maximum Gasteiger partial charge on any atom is 0.412 e. The predicted octanol–water partition coefficient (Wildman–Crippen LogP) is 4.86. The van der Waals surface area contributed by atoms with Gasteiger partial charge in [-0.05, 0) is 39.0 Å². The van der Waals surface area contributed by atoms with Crippen LogP contribution in [0.2, 0.25) is 0 Å². The molecule has 0 bridgehead atoms. The summed E-state index contributed by atoms with van der Waals surface area (Å²) in [4.78, 5) is 33.0. The number of carbonyl (C=O) groups excluding carboxylic acids is 1. The van der Waals surface area contributed by atoms with Crippen molar-refractivity contribution in [3.05, 3.63) is 36.1 Å². The van der Waals surface area contributed by atoms with Crippen LogP contribution in [0, 0.1) is 5.82 Å². The van der Waals surface area contributed by atoms with Gasteiger partial charge in [-0.1, -0.05) is 11.3 Å². The Hall–Kier alpha value is -3.27. The highest BCUT2D eigenvalue weighted by Gasteiger charge is 2.28. The minimum atomic E-state index is -1.16. The summed E-state index contributed by atoms with van der Waals surface area (Å²) in [5.41, 5.74) is 0.0965. The lowest BCUT2D eigenvalue weighted by Gasteiger charge is -2.33. The van der Waals surface area contributed by atoms with Gasteiger partial charge in [0.1, 0.15) is 10.3 Å². The maximum absolute atomic E-state index is 14.3. The highest BCUT2D eigenvalue weighted by molar-refractivity contribution is 7.21. The number of aromatic nitrogens is 2. The maximum atomic E-state index is 14.3. The van der Waals surface area contributed by atoms with Crippen LogP contribution < -0.4 is 15.0 Å². The van der Waals surface area contributed by atoms with Gasteiger partial charge in [-0.25, -0.2) is 19.2 Å². The summed E-state index contributed by atoms with van der Waals surface area (Å²) in [6.45, 7) is 6.58. The molecular formula is C19H19FN4O4S. The summed E-state index contributed by atoms with van der Waals surface area (Å²) in [6.07, 6.45) is -1.16. The molecule has 0 aliphatic heterocycles. The van der Waals surface area contributed by atoms with E-state index in [2.05, 4.69) is 15.3 Å². The van der Waals surface area contributed by atoms with Gasteiger partial charge in [0.15, 0.2) is 16.7 Å². The Kier molecular flexibility index (Phi) is 5.38. The van der Waals surface area contributed by atoms with Crippen LogP contribution in [-0.4, -0.2) is 32.6 Å². The van der Waals surface area contributed by atoms with Crippen LogP contribution >= 0.6 is 11.3 Å². The minimum absolute atomic E-state index is 0.115. The monoisotopic (exact) mass is 418 g/mol. The Balaban J connectivity index is 1.93. The second-order valence-electron chi connectivity index (χ2n) is 7.18. The third kappa shape index (κ3) is 4.60. The van der Waals surface area contributed by atoms with E-state index in [1.54, 1.807) is 26.8 Å². The van der Waals surface area contributed by atoms with Gasteiger partial charge in [0.05, 0.1) is 5.69 Å². The van der Waals surface area contributed by atoms with Crippen molar-refractivity contribution in [3.63, 3.8) is 0 Å². The van der Waals surface area contributed by atoms with E-state index in [-0.39, 0.29) is 23.2 Å². The molecule has 0 aliphatic carbocycles. The molecule has 2 N–H and O–H groups in total. The normalized spacial score (nSPS) is 11.3. The molecule has 3 rings (SSSR count). The van der Waals surface area contributed by atoms with Crippen molar-refractivity contribution >= 4 is 44.5 Å². The summed E-state index contributed by atoms with van der Waals surface area (Å²) < 4.78 is 19.9. The van der Waals surface area contributed by atoms with Crippen molar-refractivity contribution < 1.29 is 23.8 Å². The Morgan fingerprint density at radius 2 is 1.93 bits per heavy atom. The number of amides is 2. The van der Waals surface area contributed by atoms with Gasteiger partial charge in [-0.2, -0.15) is 0 Å². The third-order valence-electron chi connectivity index (χ3n) is 3.76. The number of fused-ring (bicyclic) bond motifs is 1. The average molecular weight is 418 g/mol. The fourth-order valence-electron chi connectivity index (χ4n) is 2.67. The van der Waals surface area contributed by atoms with E-state index >= 15 is 0 Å². The first-order valence-corrected chi connectivity index (χ1v) is 9.42. The Morgan fingerprint density at radius 1 is 1.21 bits per heavy atom. The molecule has 10 heteroatoms. The molecule has 0 radical (unpaired) electrons. The molecule has 0 fully saturated rings. The third-order valence-corrected chi connectivity index (χ3v) is 4.64. The zero-order valence-electron chi connectivity index (χ0n) is 16.2. The van der Waals surface area contributed by atoms with Gasteiger partial charge >= 0.3 is 6.09 Å². The Bertz CT molecular complexity index is 1090. The van der Waals surface area contributed by atoms with Crippen LogP contribution in [-0.2, 0) is 4.79 Å². The number of thiazole rings is 1. The van der Waals surface area contributed by atoms with Gasteiger partial charge in [0.2, 0.25) is 11.8 Å². The molecule has 0 saturated carbocycles. The lowest BCUT2D eigenvalue weighted by Crippen LogP contribution is -2.45. The predicted molar refractivity (Wildman–Crippen MR) is 108 cm³/mol. The number of rotatable bonds is 4. The first kappa shape index (κ1) is 20.5. The summed E-state index contributed by atoms with van der Waals surface area (Å²) in [5.74, 6) is -0.944. The standard InChI is InChI=1S/C19H19FN4O4S/c1-10(25)21-17-22-13-7-8-15(23-16(13)29-17)28-14-9-11(5-6-12(14)20)24(18(26)27)19(2,3)4/h5-9H,1-4H3,(H,26,27)(H,21,22,25).